The second-order valence-corrected chi connectivity index (χ2v) is 3.00. The van der Waals surface area contributed by atoms with Crippen LogP contribution in [0.15, 0.2) is 16.6 Å². The van der Waals surface area contributed by atoms with E-state index in [9.17, 15) is 0 Å². The monoisotopic (exact) mass is 136 g/mol. The van der Waals surface area contributed by atoms with Crippen LogP contribution in [0.4, 0.5) is 0 Å². The molecule has 2 aliphatic rings. The average molecular weight is 136 g/mol. The normalized spacial score (nSPS) is 30.3. The third kappa shape index (κ3) is 0.838. The molecule has 0 bridgehead atoms. The Kier molecular flexibility index (Phi) is 1.26. The molecule has 1 atom stereocenters. The summed E-state index contributed by atoms with van der Waals surface area (Å²) >= 11 is 0. The lowest BCUT2D eigenvalue weighted by atomic mass is 10.0. The summed E-state index contributed by atoms with van der Waals surface area (Å²) in [4.78, 5) is 4.32. The highest BCUT2D eigenvalue weighted by molar-refractivity contribution is 6.00. The van der Waals surface area contributed by atoms with Crippen LogP contribution in [0.2, 0.25) is 0 Å². The van der Waals surface area contributed by atoms with Crippen molar-refractivity contribution in [3.05, 3.63) is 11.6 Å². The number of amidine groups is 1. The van der Waals surface area contributed by atoms with Gasteiger partial charge >= 0.3 is 0 Å². The van der Waals surface area contributed by atoms with Crippen molar-refractivity contribution in [3.63, 3.8) is 0 Å². The quantitative estimate of drug-likeness (QED) is 0.529. The lowest BCUT2D eigenvalue weighted by Crippen LogP contribution is -2.37. The van der Waals surface area contributed by atoms with Gasteiger partial charge in [0.05, 0.1) is 6.54 Å². The van der Waals surface area contributed by atoms with Crippen LogP contribution in [0, 0.1) is 0 Å². The maximum absolute atomic E-state index is 4.32. The Labute approximate surface area is 61.0 Å². The highest BCUT2D eigenvalue weighted by atomic mass is 15.0. The molecule has 2 heteroatoms. The van der Waals surface area contributed by atoms with Gasteiger partial charge in [-0.3, -0.25) is 4.99 Å². The molecular formula is C8H12N2. The van der Waals surface area contributed by atoms with Crippen LogP contribution < -0.4 is 5.32 Å². The van der Waals surface area contributed by atoms with E-state index in [4.69, 9.17) is 0 Å². The summed E-state index contributed by atoms with van der Waals surface area (Å²) < 4.78 is 0. The van der Waals surface area contributed by atoms with Crippen molar-refractivity contribution in [2.45, 2.75) is 25.8 Å². The molecule has 1 N–H and O–H groups in total. The molecule has 1 fully saturated rings. The molecule has 1 unspecified atom stereocenters. The maximum Gasteiger partial charge on any atom is 0.124 e. The standard InChI is InChI=1S/C8H12N2/c1-6-2-3-7-4-5-9-8(7)10-6/h4,6H,2-3,5H2,1H3,(H,9,10). The molecule has 0 spiro atoms. The highest BCUT2D eigenvalue weighted by Gasteiger charge is 2.19. The van der Waals surface area contributed by atoms with Crippen molar-refractivity contribution in [1.82, 2.24) is 5.32 Å². The van der Waals surface area contributed by atoms with Crippen molar-refractivity contribution >= 4 is 5.84 Å². The Morgan fingerprint density at radius 2 is 2.60 bits per heavy atom. The van der Waals surface area contributed by atoms with Gasteiger partial charge in [-0.1, -0.05) is 6.08 Å². The van der Waals surface area contributed by atoms with E-state index in [1.165, 1.54) is 18.4 Å². The number of hydrogen-bond acceptors (Lipinski definition) is 2. The minimum absolute atomic E-state index is 0.619. The second-order valence-electron chi connectivity index (χ2n) is 3.00. The first kappa shape index (κ1) is 5.96. The van der Waals surface area contributed by atoms with Crippen LogP contribution in [0.5, 0.6) is 0 Å². The second kappa shape index (κ2) is 2.11. The highest BCUT2D eigenvalue weighted by Crippen LogP contribution is 2.18. The fourth-order valence-corrected chi connectivity index (χ4v) is 1.48. The summed E-state index contributed by atoms with van der Waals surface area (Å²) in [5, 5.41) is 3.36. The van der Waals surface area contributed by atoms with Gasteiger partial charge in [-0.25, -0.2) is 0 Å². The van der Waals surface area contributed by atoms with E-state index in [-0.39, 0.29) is 0 Å². The summed E-state index contributed by atoms with van der Waals surface area (Å²) in [5.41, 5.74) is 1.43. The number of nitrogens with one attached hydrogen (secondary N) is 1. The van der Waals surface area contributed by atoms with E-state index in [1.807, 2.05) is 0 Å². The largest absolute Gasteiger partial charge is 0.368 e. The lowest BCUT2D eigenvalue weighted by Gasteiger charge is -2.22. The first-order valence-corrected chi connectivity index (χ1v) is 3.86. The molecular weight excluding hydrogens is 124 g/mol. The van der Waals surface area contributed by atoms with Gasteiger partial charge in [0.25, 0.3) is 0 Å². The molecule has 10 heavy (non-hydrogen) atoms. The smallest absolute Gasteiger partial charge is 0.124 e. The molecule has 0 radical (unpaired) electrons. The Morgan fingerprint density at radius 3 is 3.50 bits per heavy atom. The number of rotatable bonds is 0. The summed E-state index contributed by atoms with van der Waals surface area (Å²) in [6.07, 6.45) is 4.69. The predicted octanol–water partition coefficient (Wildman–Crippen LogP) is 1.10. The molecule has 54 valence electrons. The van der Waals surface area contributed by atoms with Crippen LogP contribution in [-0.2, 0) is 0 Å². The van der Waals surface area contributed by atoms with E-state index < -0.39 is 0 Å². The molecule has 2 heterocycles. The molecule has 0 aromatic carbocycles. The van der Waals surface area contributed by atoms with Gasteiger partial charge in [-0.05, 0) is 25.3 Å². The molecule has 0 aromatic rings. The molecule has 1 saturated heterocycles. The van der Waals surface area contributed by atoms with E-state index >= 15 is 0 Å². The molecule has 0 amide bonds. The van der Waals surface area contributed by atoms with Crippen molar-refractivity contribution in [3.8, 4) is 0 Å². The number of piperidine rings is 1. The summed E-state index contributed by atoms with van der Waals surface area (Å²) in [5.74, 6) is 1.15. The van der Waals surface area contributed by atoms with Crippen molar-refractivity contribution in [1.29, 1.82) is 0 Å². The van der Waals surface area contributed by atoms with Crippen LogP contribution >= 0.6 is 0 Å². The molecule has 0 aromatic heterocycles. The number of hydrogen-bond donors (Lipinski definition) is 1. The predicted molar refractivity (Wildman–Crippen MR) is 42.2 cm³/mol. The zero-order valence-corrected chi connectivity index (χ0v) is 6.22. The number of aliphatic imine (C=N–C) groups is 1. The number of nitrogens with zero attached hydrogens (tertiary/aromatic N) is 1. The number of fused-ring (bicyclic) bond motifs is 1. The van der Waals surface area contributed by atoms with E-state index in [0.29, 0.717) is 6.04 Å². The topological polar surface area (TPSA) is 24.4 Å². The summed E-state index contributed by atoms with van der Waals surface area (Å²) in [7, 11) is 0. The SMILES string of the molecule is CC1CCC2=CCN=C2N1. The fraction of sp³-hybridized carbons (Fsp3) is 0.625. The van der Waals surface area contributed by atoms with Crippen molar-refractivity contribution in [2.75, 3.05) is 6.54 Å². The summed E-state index contributed by atoms with van der Waals surface area (Å²) in [6.45, 7) is 3.10. The third-order valence-electron chi connectivity index (χ3n) is 2.12. The Hall–Kier alpha value is -0.790. The van der Waals surface area contributed by atoms with Gasteiger partial charge in [0.2, 0.25) is 0 Å². The minimum atomic E-state index is 0.619. The first-order valence-electron chi connectivity index (χ1n) is 3.86. The van der Waals surface area contributed by atoms with E-state index in [1.54, 1.807) is 0 Å². The molecule has 0 aliphatic carbocycles. The van der Waals surface area contributed by atoms with Gasteiger partial charge in [-0.2, -0.15) is 0 Å². The van der Waals surface area contributed by atoms with Crippen LogP contribution in [0.3, 0.4) is 0 Å². The maximum atomic E-state index is 4.32. The Bertz CT molecular complexity index is 203. The molecule has 0 saturated carbocycles. The Morgan fingerprint density at radius 1 is 1.70 bits per heavy atom. The average Bonchev–Trinajstić information content (AvgIpc) is 2.33. The van der Waals surface area contributed by atoms with Crippen molar-refractivity contribution in [2.24, 2.45) is 4.99 Å². The lowest BCUT2D eigenvalue weighted by molar-refractivity contribution is 0.584. The molecule has 2 rings (SSSR count). The van der Waals surface area contributed by atoms with Gasteiger partial charge in [0.15, 0.2) is 0 Å². The minimum Gasteiger partial charge on any atom is -0.368 e. The van der Waals surface area contributed by atoms with E-state index in [2.05, 4.69) is 23.3 Å². The summed E-state index contributed by atoms with van der Waals surface area (Å²) in [6, 6.07) is 0.619. The molecule has 2 nitrogen and oxygen atoms in total. The van der Waals surface area contributed by atoms with Crippen LogP contribution in [0.1, 0.15) is 19.8 Å². The first-order chi connectivity index (χ1) is 4.86. The van der Waals surface area contributed by atoms with Crippen LogP contribution in [-0.4, -0.2) is 18.4 Å². The fourth-order valence-electron chi connectivity index (χ4n) is 1.48. The third-order valence-corrected chi connectivity index (χ3v) is 2.12. The van der Waals surface area contributed by atoms with Gasteiger partial charge in [0.1, 0.15) is 5.84 Å². The van der Waals surface area contributed by atoms with E-state index in [0.717, 1.165) is 12.4 Å². The zero-order chi connectivity index (χ0) is 6.97. The van der Waals surface area contributed by atoms with Gasteiger partial charge < -0.3 is 5.32 Å². The Balaban J connectivity index is 2.17. The zero-order valence-electron chi connectivity index (χ0n) is 6.22. The van der Waals surface area contributed by atoms with Crippen molar-refractivity contribution < 1.29 is 0 Å². The van der Waals surface area contributed by atoms with Gasteiger partial charge in [0, 0.05) is 6.04 Å². The van der Waals surface area contributed by atoms with Gasteiger partial charge in [-0.15, -0.1) is 0 Å². The molecule has 2 aliphatic heterocycles. The van der Waals surface area contributed by atoms with Crippen LogP contribution in [0.25, 0.3) is 0 Å².